The van der Waals surface area contributed by atoms with Gasteiger partial charge in [0, 0.05) is 29.6 Å². The summed E-state index contributed by atoms with van der Waals surface area (Å²) in [5, 5.41) is 6.10. The zero-order valence-electron chi connectivity index (χ0n) is 15.9. The first-order valence-corrected chi connectivity index (χ1v) is 9.25. The molecule has 0 aliphatic carbocycles. The molecule has 2 aromatic carbocycles. The highest BCUT2D eigenvalue weighted by atomic mass is 19.1. The average molecular weight is 378 g/mol. The van der Waals surface area contributed by atoms with Gasteiger partial charge >= 0.3 is 0 Å². The lowest BCUT2D eigenvalue weighted by Gasteiger charge is -2.09. The first-order valence-electron chi connectivity index (χ1n) is 9.25. The van der Waals surface area contributed by atoms with Crippen molar-refractivity contribution in [3.63, 3.8) is 0 Å². The van der Waals surface area contributed by atoms with E-state index in [4.69, 9.17) is 0 Å². The van der Waals surface area contributed by atoms with Crippen molar-refractivity contribution in [1.29, 1.82) is 0 Å². The number of carbonyl (C=O) groups excluding carboxylic acids is 1. The number of hydrogen-bond acceptors (Lipinski definition) is 4. The number of aromatic nitrogens is 2. The van der Waals surface area contributed by atoms with Crippen LogP contribution in [0.15, 0.2) is 60.8 Å². The maximum absolute atomic E-state index is 13.4. The quantitative estimate of drug-likeness (QED) is 0.620. The Bertz CT molecular complexity index is 941. The highest BCUT2D eigenvalue weighted by Gasteiger charge is 2.07. The van der Waals surface area contributed by atoms with E-state index in [-0.39, 0.29) is 11.7 Å². The molecule has 0 radical (unpaired) electrons. The summed E-state index contributed by atoms with van der Waals surface area (Å²) in [5.41, 5.74) is 2.01. The molecule has 0 unspecified atom stereocenters. The number of carbonyl (C=O) groups is 1. The topological polar surface area (TPSA) is 66.9 Å². The first kappa shape index (κ1) is 19.5. The molecule has 3 rings (SSSR count). The Morgan fingerprint density at radius 1 is 1.11 bits per heavy atom. The summed E-state index contributed by atoms with van der Waals surface area (Å²) in [4.78, 5) is 20.8. The molecule has 1 heterocycles. The molecule has 0 saturated heterocycles. The van der Waals surface area contributed by atoms with Crippen LogP contribution in [0.3, 0.4) is 0 Å². The van der Waals surface area contributed by atoms with Crippen molar-refractivity contribution in [3.8, 4) is 11.4 Å². The van der Waals surface area contributed by atoms with Gasteiger partial charge in [0.25, 0.3) is 5.91 Å². The monoisotopic (exact) mass is 378 g/mol. The van der Waals surface area contributed by atoms with Crippen molar-refractivity contribution in [1.82, 2.24) is 15.3 Å². The van der Waals surface area contributed by atoms with Crippen LogP contribution in [0.2, 0.25) is 0 Å². The van der Waals surface area contributed by atoms with Gasteiger partial charge in [-0.1, -0.05) is 26.0 Å². The molecule has 2 N–H and O–H groups in total. The van der Waals surface area contributed by atoms with Gasteiger partial charge in [0.05, 0.1) is 0 Å². The Hall–Kier alpha value is -3.28. The van der Waals surface area contributed by atoms with E-state index in [1.54, 1.807) is 36.5 Å². The number of benzene rings is 2. The third-order valence-corrected chi connectivity index (χ3v) is 4.17. The zero-order chi connectivity index (χ0) is 19.9. The molecular formula is C22H23FN4O. The lowest BCUT2D eigenvalue weighted by Crippen LogP contribution is -2.25. The maximum Gasteiger partial charge on any atom is 0.251 e. The summed E-state index contributed by atoms with van der Waals surface area (Å²) in [5.74, 6) is 1.16. The van der Waals surface area contributed by atoms with Gasteiger partial charge < -0.3 is 10.6 Å². The van der Waals surface area contributed by atoms with E-state index in [0.29, 0.717) is 35.2 Å². The van der Waals surface area contributed by atoms with E-state index in [1.165, 1.54) is 12.1 Å². The van der Waals surface area contributed by atoms with Crippen molar-refractivity contribution < 1.29 is 9.18 Å². The van der Waals surface area contributed by atoms with E-state index in [0.717, 1.165) is 12.1 Å². The number of anilines is 2. The van der Waals surface area contributed by atoms with Crippen LogP contribution >= 0.6 is 0 Å². The number of amides is 1. The Morgan fingerprint density at radius 3 is 2.61 bits per heavy atom. The van der Waals surface area contributed by atoms with Gasteiger partial charge in [-0.25, -0.2) is 14.4 Å². The summed E-state index contributed by atoms with van der Waals surface area (Å²) < 4.78 is 13.4. The molecule has 1 amide bonds. The van der Waals surface area contributed by atoms with Gasteiger partial charge in [0.15, 0.2) is 5.82 Å². The van der Waals surface area contributed by atoms with Crippen molar-refractivity contribution in [2.75, 3.05) is 11.9 Å². The predicted molar refractivity (Wildman–Crippen MR) is 109 cm³/mol. The SMILES string of the molecule is CC(C)CCNC(=O)c1ccc(Nc2ccnc(-c3cccc(F)c3)n2)cc1. The second-order valence-electron chi connectivity index (χ2n) is 6.92. The fraction of sp³-hybridized carbons (Fsp3) is 0.227. The molecule has 6 heteroatoms. The molecule has 0 spiro atoms. The Morgan fingerprint density at radius 2 is 1.89 bits per heavy atom. The van der Waals surface area contributed by atoms with Crippen molar-refractivity contribution in [3.05, 3.63) is 72.2 Å². The molecule has 0 aliphatic heterocycles. The van der Waals surface area contributed by atoms with Gasteiger partial charge in [0.2, 0.25) is 0 Å². The second kappa shape index (κ2) is 9.08. The maximum atomic E-state index is 13.4. The van der Waals surface area contributed by atoms with Crippen LogP contribution in [0.25, 0.3) is 11.4 Å². The van der Waals surface area contributed by atoms with Crippen molar-refractivity contribution in [2.45, 2.75) is 20.3 Å². The lowest BCUT2D eigenvalue weighted by molar-refractivity contribution is 0.0952. The van der Waals surface area contributed by atoms with Crippen LogP contribution in [-0.4, -0.2) is 22.4 Å². The molecule has 3 aromatic rings. The summed E-state index contributed by atoms with van der Waals surface area (Å²) in [7, 11) is 0. The normalized spacial score (nSPS) is 10.7. The molecule has 0 fully saturated rings. The average Bonchev–Trinajstić information content (AvgIpc) is 2.68. The highest BCUT2D eigenvalue weighted by molar-refractivity contribution is 5.94. The Balaban J connectivity index is 1.66. The fourth-order valence-electron chi connectivity index (χ4n) is 2.62. The molecule has 144 valence electrons. The van der Waals surface area contributed by atoms with Crippen LogP contribution in [-0.2, 0) is 0 Å². The minimum absolute atomic E-state index is 0.0809. The van der Waals surface area contributed by atoms with Gasteiger partial charge in [-0.05, 0) is 54.8 Å². The van der Waals surface area contributed by atoms with Crippen molar-refractivity contribution >= 4 is 17.4 Å². The third kappa shape index (κ3) is 5.36. The molecule has 1 aromatic heterocycles. The molecule has 28 heavy (non-hydrogen) atoms. The smallest absolute Gasteiger partial charge is 0.251 e. The molecular weight excluding hydrogens is 355 g/mol. The van der Waals surface area contributed by atoms with E-state index in [9.17, 15) is 9.18 Å². The van der Waals surface area contributed by atoms with Crippen LogP contribution in [0.4, 0.5) is 15.9 Å². The van der Waals surface area contributed by atoms with Crippen molar-refractivity contribution in [2.24, 2.45) is 5.92 Å². The number of nitrogens with one attached hydrogen (secondary N) is 2. The Labute approximate surface area is 164 Å². The fourth-order valence-corrected chi connectivity index (χ4v) is 2.62. The highest BCUT2D eigenvalue weighted by Crippen LogP contribution is 2.20. The van der Waals surface area contributed by atoms with E-state index < -0.39 is 0 Å². The van der Waals surface area contributed by atoms with Gasteiger partial charge in [-0.15, -0.1) is 0 Å². The Kier molecular flexibility index (Phi) is 6.32. The number of halogens is 1. The summed E-state index contributed by atoms with van der Waals surface area (Å²) in [6, 6.07) is 15.1. The molecule has 5 nitrogen and oxygen atoms in total. The largest absolute Gasteiger partial charge is 0.352 e. The molecule has 0 saturated carbocycles. The van der Waals surface area contributed by atoms with Crippen LogP contribution in [0.5, 0.6) is 0 Å². The second-order valence-corrected chi connectivity index (χ2v) is 6.92. The summed E-state index contributed by atoms with van der Waals surface area (Å²) in [6.07, 6.45) is 2.57. The lowest BCUT2D eigenvalue weighted by atomic mass is 10.1. The minimum atomic E-state index is -0.332. The minimum Gasteiger partial charge on any atom is -0.352 e. The third-order valence-electron chi connectivity index (χ3n) is 4.17. The zero-order valence-corrected chi connectivity index (χ0v) is 15.9. The van der Waals surface area contributed by atoms with Gasteiger partial charge in [-0.2, -0.15) is 0 Å². The van der Waals surface area contributed by atoms with Gasteiger partial charge in [-0.3, -0.25) is 4.79 Å². The van der Waals surface area contributed by atoms with Crippen LogP contribution < -0.4 is 10.6 Å². The van der Waals surface area contributed by atoms with Crippen LogP contribution in [0.1, 0.15) is 30.6 Å². The van der Waals surface area contributed by atoms with Gasteiger partial charge in [0.1, 0.15) is 11.6 Å². The molecule has 0 aliphatic rings. The van der Waals surface area contributed by atoms with E-state index in [1.807, 2.05) is 12.1 Å². The summed E-state index contributed by atoms with van der Waals surface area (Å²) >= 11 is 0. The summed E-state index contributed by atoms with van der Waals surface area (Å²) in [6.45, 7) is 4.92. The number of rotatable bonds is 7. The number of hydrogen-bond donors (Lipinski definition) is 2. The standard InChI is InChI=1S/C22H23FN4O/c1-15(2)10-12-25-22(28)16-6-8-19(9-7-16)26-20-11-13-24-21(27-20)17-4-3-5-18(23)14-17/h3-9,11,13-15H,10,12H2,1-2H3,(H,25,28)(H,24,26,27). The van der Waals surface area contributed by atoms with E-state index in [2.05, 4.69) is 34.4 Å². The molecule has 0 atom stereocenters. The molecule has 0 bridgehead atoms. The first-order chi connectivity index (χ1) is 13.5. The predicted octanol–water partition coefficient (Wildman–Crippen LogP) is 4.80. The number of nitrogens with zero attached hydrogens (tertiary/aromatic N) is 2. The van der Waals surface area contributed by atoms with Crippen LogP contribution in [0, 0.1) is 11.7 Å². The van der Waals surface area contributed by atoms with E-state index >= 15 is 0 Å².